The van der Waals surface area contributed by atoms with Crippen LogP contribution in [0.15, 0.2) is 18.2 Å². The number of Topliss-reactive ketones (excluding diaryl/α,β-unsaturated/α-hetero) is 1. The summed E-state index contributed by atoms with van der Waals surface area (Å²) < 4.78 is 10.6. The molecule has 1 aromatic rings. The van der Waals surface area contributed by atoms with Gasteiger partial charge in [0.1, 0.15) is 0 Å². The van der Waals surface area contributed by atoms with E-state index in [0.29, 0.717) is 23.6 Å². The Balaban J connectivity index is 1.79. The summed E-state index contributed by atoms with van der Waals surface area (Å²) in [6.45, 7) is 3.56. The van der Waals surface area contributed by atoms with Crippen LogP contribution in [-0.4, -0.2) is 47.8 Å². The number of hydrogen-bond acceptors (Lipinski definition) is 5. The van der Waals surface area contributed by atoms with E-state index < -0.39 is 0 Å². The van der Waals surface area contributed by atoms with E-state index in [2.05, 4.69) is 4.90 Å². The predicted molar refractivity (Wildman–Crippen MR) is 73.2 cm³/mol. The van der Waals surface area contributed by atoms with Crippen LogP contribution >= 0.6 is 0 Å². The first-order chi connectivity index (χ1) is 9.69. The van der Waals surface area contributed by atoms with Gasteiger partial charge >= 0.3 is 0 Å². The van der Waals surface area contributed by atoms with Gasteiger partial charge in [-0.1, -0.05) is 6.92 Å². The molecule has 0 aliphatic carbocycles. The highest BCUT2D eigenvalue weighted by Crippen LogP contribution is 2.33. The van der Waals surface area contributed by atoms with Crippen molar-refractivity contribution in [1.29, 1.82) is 0 Å². The van der Waals surface area contributed by atoms with Gasteiger partial charge in [-0.15, -0.1) is 0 Å². The molecule has 2 atom stereocenters. The number of benzene rings is 1. The molecule has 0 radical (unpaired) electrons. The van der Waals surface area contributed by atoms with Gasteiger partial charge in [-0.3, -0.25) is 9.69 Å². The van der Waals surface area contributed by atoms with Crippen LogP contribution in [0.25, 0.3) is 0 Å². The summed E-state index contributed by atoms with van der Waals surface area (Å²) in [5.74, 6) is 1.40. The number of ketones is 1. The van der Waals surface area contributed by atoms with E-state index in [1.54, 1.807) is 18.2 Å². The minimum Gasteiger partial charge on any atom is -0.454 e. The third kappa shape index (κ3) is 2.39. The Kier molecular flexibility index (Phi) is 3.63. The zero-order valence-corrected chi connectivity index (χ0v) is 11.5. The van der Waals surface area contributed by atoms with Gasteiger partial charge in [-0.2, -0.15) is 0 Å². The smallest absolute Gasteiger partial charge is 0.231 e. The lowest BCUT2D eigenvalue weighted by Crippen LogP contribution is -2.39. The van der Waals surface area contributed by atoms with Crippen molar-refractivity contribution in [3.05, 3.63) is 23.8 Å². The van der Waals surface area contributed by atoms with Gasteiger partial charge < -0.3 is 14.6 Å². The van der Waals surface area contributed by atoms with Crippen LogP contribution < -0.4 is 9.47 Å². The number of rotatable bonds is 4. The lowest BCUT2D eigenvalue weighted by Gasteiger charge is -2.25. The number of fused-ring (bicyclic) bond motifs is 1. The molecule has 2 aliphatic rings. The molecule has 3 rings (SSSR count). The first kappa shape index (κ1) is 13.4. The summed E-state index contributed by atoms with van der Waals surface area (Å²) in [6, 6.07) is 5.14. The lowest BCUT2D eigenvalue weighted by atomic mass is 10.0. The Bertz CT molecular complexity index is 517. The summed E-state index contributed by atoms with van der Waals surface area (Å²) in [4.78, 5) is 14.7. The second kappa shape index (κ2) is 5.42. The van der Waals surface area contributed by atoms with Crippen molar-refractivity contribution in [1.82, 2.24) is 4.90 Å². The van der Waals surface area contributed by atoms with Gasteiger partial charge in [0.2, 0.25) is 6.79 Å². The Morgan fingerprint density at radius 3 is 2.95 bits per heavy atom. The first-order valence-corrected chi connectivity index (χ1v) is 7.05. The molecule has 108 valence electrons. The summed E-state index contributed by atoms with van der Waals surface area (Å²) in [5, 5.41) is 9.63. The molecule has 1 aromatic carbocycles. The number of β-amino-alcohol motifs (C(OH)–C–C–N with tert-alkyl or cyclic N) is 1. The minimum atomic E-state index is -0.311. The highest BCUT2D eigenvalue weighted by atomic mass is 16.7. The molecule has 1 N–H and O–H groups in total. The Hall–Kier alpha value is -1.59. The van der Waals surface area contributed by atoms with E-state index in [1.807, 2.05) is 6.92 Å². The number of aliphatic hydroxyl groups excluding tert-OH is 1. The maximum Gasteiger partial charge on any atom is 0.231 e. The van der Waals surface area contributed by atoms with Crippen molar-refractivity contribution in [2.45, 2.75) is 31.9 Å². The molecule has 0 bridgehead atoms. The van der Waals surface area contributed by atoms with E-state index in [-0.39, 0.29) is 24.7 Å². The number of ether oxygens (including phenoxy) is 2. The van der Waals surface area contributed by atoms with Crippen molar-refractivity contribution in [2.24, 2.45) is 0 Å². The van der Waals surface area contributed by atoms with Crippen LogP contribution in [0.4, 0.5) is 0 Å². The van der Waals surface area contributed by atoms with Crippen LogP contribution in [0, 0.1) is 0 Å². The SMILES string of the molecule is CCC(C(=O)c1ccc2c(c1)OCO2)N1CC[C@@H](O)C1. The standard InChI is InChI=1S/C15H19NO4/c1-2-12(16-6-5-11(17)8-16)15(18)10-3-4-13-14(7-10)20-9-19-13/h3-4,7,11-12,17H,2,5-6,8-9H2,1H3/t11-,12?/m1/s1. The van der Waals surface area contributed by atoms with Crippen molar-refractivity contribution in [3.8, 4) is 11.5 Å². The molecule has 1 fully saturated rings. The second-order valence-electron chi connectivity index (χ2n) is 5.29. The molecule has 1 saturated heterocycles. The number of aliphatic hydroxyl groups is 1. The fraction of sp³-hybridized carbons (Fsp3) is 0.533. The van der Waals surface area contributed by atoms with Crippen LogP contribution in [0.1, 0.15) is 30.1 Å². The molecular formula is C15H19NO4. The van der Waals surface area contributed by atoms with Crippen LogP contribution in [0.2, 0.25) is 0 Å². The lowest BCUT2D eigenvalue weighted by molar-refractivity contribution is 0.0821. The van der Waals surface area contributed by atoms with Crippen molar-refractivity contribution < 1.29 is 19.4 Å². The average Bonchev–Trinajstić information content (AvgIpc) is 3.07. The molecular weight excluding hydrogens is 258 g/mol. The van der Waals surface area contributed by atoms with Crippen LogP contribution in [0.3, 0.4) is 0 Å². The summed E-state index contributed by atoms with van der Waals surface area (Å²) >= 11 is 0. The number of nitrogens with zero attached hydrogens (tertiary/aromatic N) is 1. The zero-order chi connectivity index (χ0) is 14.1. The summed E-state index contributed by atoms with van der Waals surface area (Å²) in [6.07, 6.45) is 1.17. The Labute approximate surface area is 118 Å². The number of carbonyl (C=O) groups is 1. The summed E-state index contributed by atoms with van der Waals surface area (Å²) in [7, 11) is 0. The van der Waals surface area contributed by atoms with E-state index >= 15 is 0 Å². The molecule has 5 nitrogen and oxygen atoms in total. The predicted octanol–water partition coefficient (Wildman–Crippen LogP) is 1.44. The van der Waals surface area contributed by atoms with Crippen molar-refractivity contribution in [3.63, 3.8) is 0 Å². The van der Waals surface area contributed by atoms with E-state index in [1.165, 1.54) is 0 Å². The molecule has 0 aromatic heterocycles. The topological polar surface area (TPSA) is 59.0 Å². The van der Waals surface area contributed by atoms with Gasteiger partial charge in [-0.25, -0.2) is 0 Å². The number of likely N-dealkylation sites (tertiary alicyclic amines) is 1. The van der Waals surface area contributed by atoms with E-state index in [0.717, 1.165) is 19.4 Å². The highest BCUT2D eigenvalue weighted by Gasteiger charge is 2.31. The Morgan fingerprint density at radius 1 is 1.45 bits per heavy atom. The number of carbonyl (C=O) groups excluding carboxylic acids is 1. The normalized spacial score (nSPS) is 23.0. The molecule has 0 saturated carbocycles. The second-order valence-corrected chi connectivity index (χ2v) is 5.29. The fourth-order valence-corrected chi connectivity index (χ4v) is 2.90. The molecule has 5 heteroatoms. The monoisotopic (exact) mass is 277 g/mol. The largest absolute Gasteiger partial charge is 0.454 e. The van der Waals surface area contributed by atoms with Crippen molar-refractivity contribution >= 4 is 5.78 Å². The van der Waals surface area contributed by atoms with Crippen LogP contribution in [-0.2, 0) is 0 Å². The zero-order valence-electron chi connectivity index (χ0n) is 11.5. The average molecular weight is 277 g/mol. The molecule has 2 aliphatic heterocycles. The first-order valence-electron chi connectivity index (χ1n) is 7.05. The van der Waals surface area contributed by atoms with Gasteiger partial charge in [0.15, 0.2) is 17.3 Å². The third-order valence-electron chi connectivity index (χ3n) is 3.98. The molecule has 1 unspecified atom stereocenters. The Morgan fingerprint density at radius 2 is 2.25 bits per heavy atom. The molecule has 2 heterocycles. The quantitative estimate of drug-likeness (QED) is 0.844. The van der Waals surface area contributed by atoms with E-state index in [9.17, 15) is 9.90 Å². The van der Waals surface area contributed by atoms with Gasteiger partial charge in [0.05, 0.1) is 12.1 Å². The molecule has 0 spiro atoms. The van der Waals surface area contributed by atoms with Gasteiger partial charge in [-0.05, 0) is 31.0 Å². The maximum atomic E-state index is 12.6. The molecule has 20 heavy (non-hydrogen) atoms. The van der Waals surface area contributed by atoms with Crippen molar-refractivity contribution in [2.75, 3.05) is 19.9 Å². The van der Waals surface area contributed by atoms with Gasteiger partial charge in [0, 0.05) is 18.7 Å². The summed E-state index contributed by atoms with van der Waals surface area (Å²) in [5.41, 5.74) is 0.641. The maximum absolute atomic E-state index is 12.6. The number of hydrogen-bond donors (Lipinski definition) is 1. The fourth-order valence-electron chi connectivity index (χ4n) is 2.90. The van der Waals surface area contributed by atoms with Gasteiger partial charge in [0.25, 0.3) is 0 Å². The molecule has 0 amide bonds. The highest BCUT2D eigenvalue weighted by molar-refractivity contribution is 6.00. The van der Waals surface area contributed by atoms with E-state index in [4.69, 9.17) is 9.47 Å². The third-order valence-corrected chi connectivity index (χ3v) is 3.98. The minimum absolute atomic E-state index is 0.0832. The van der Waals surface area contributed by atoms with Crippen LogP contribution in [0.5, 0.6) is 11.5 Å².